The van der Waals surface area contributed by atoms with E-state index < -0.39 is 11.7 Å². The second kappa shape index (κ2) is 5.08. The molecule has 1 unspecified atom stereocenters. The van der Waals surface area contributed by atoms with Crippen LogP contribution in [0.3, 0.4) is 0 Å². The van der Waals surface area contributed by atoms with Crippen LogP contribution in [0.2, 0.25) is 0 Å². The molecule has 0 aliphatic carbocycles. The monoisotopic (exact) mass is 249 g/mol. The zero-order valence-corrected chi connectivity index (χ0v) is 10.1. The van der Waals surface area contributed by atoms with Gasteiger partial charge in [0.15, 0.2) is 5.58 Å². The average molecular weight is 249 g/mol. The van der Waals surface area contributed by atoms with Crippen LogP contribution >= 0.6 is 0 Å². The van der Waals surface area contributed by atoms with Gasteiger partial charge in [0.1, 0.15) is 0 Å². The second-order valence-corrected chi connectivity index (χ2v) is 4.59. The molecule has 0 radical (unpaired) electrons. The highest BCUT2D eigenvalue weighted by molar-refractivity contribution is 5.72. The highest BCUT2D eigenvalue weighted by atomic mass is 16.4. The van der Waals surface area contributed by atoms with Crippen LogP contribution in [-0.2, 0) is 11.2 Å². The van der Waals surface area contributed by atoms with Gasteiger partial charge in [0, 0.05) is 6.42 Å². The molecule has 2 rings (SSSR count). The largest absolute Gasteiger partial charge is 0.481 e. The van der Waals surface area contributed by atoms with Crippen LogP contribution in [0.5, 0.6) is 0 Å². The molecule has 0 bridgehead atoms. The number of aromatic nitrogens is 1. The van der Waals surface area contributed by atoms with E-state index in [0.29, 0.717) is 11.1 Å². The summed E-state index contributed by atoms with van der Waals surface area (Å²) < 4.78 is 4.97. The van der Waals surface area contributed by atoms with Gasteiger partial charge in [0.2, 0.25) is 0 Å². The van der Waals surface area contributed by atoms with Gasteiger partial charge in [-0.05, 0) is 36.5 Å². The van der Waals surface area contributed by atoms with Crippen LogP contribution < -0.4 is 5.76 Å². The van der Waals surface area contributed by atoms with Crippen molar-refractivity contribution in [2.45, 2.75) is 26.2 Å². The summed E-state index contributed by atoms with van der Waals surface area (Å²) in [5.74, 6) is -1.09. The highest BCUT2D eigenvalue weighted by Crippen LogP contribution is 2.17. The molecule has 1 aromatic carbocycles. The third kappa shape index (κ3) is 3.00. The lowest BCUT2D eigenvalue weighted by Gasteiger charge is -2.07. The quantitative estimate of drug-likeness (QED) is 0.850. The number of aryl methyl sites for hydroxylation is 1. The fourth-order valence-electron chi connectivity index (χ4n) is 1.96. The molecule has 5 heteroatoms. The molecule has 96 valence electrons. The van der Waals surface area contributed by atoms with Crippen molar-refractivity contribution >= 4 is 17.1 Å². The van der Waals surface area contributed by atoms with Crippen LogP contribution in [-0.4, -0.2) is 16.1 Å². The Balaban J connectivity index is 2.03. The molecule has 1 heterocycles. The van der Waals surface area contributed by atoms with E-state index in [9.17, 15) is 9.59 Å². The molecule has 0 saturated carbocycles. The van der Waals surface area contributed by atoms with Gasteiger partial charge in [-0.15, -0.1) is 0 Å². The molecule has 0 aliphatic rings. The molecular weight excluding hydrogens is 234 g/mol. The Labute approximate surface area is 103 Å². The first-order chi connectivity index (χ1) is 8.54. The Morgan fingerprint density at radius 3 is 3.00 bits per heavy atom. The third-order valence-corrected chi connectivity index (χ3v) is 2.93. The maximum Gasteiger partial charge on any atom is 0.417 e. The lowest BCUT2D eigenvalue weighted by molar-refractivity contribution is -0.138. The molecule has 0 amide bonds. The minimum absolute atomic E-state index is 0.136. The summed E-state index contributed by atoms with van der Waals surface area (Å²) in [6.07, 6.45) is 1.76. The summed E-state index contributed by atoms with van der Waals surface area (Å²) >= 11 is 0. The Kier molecular flexibility index (Phi) is 3.50. The van der Waals surface area contributed by atoms with E-state index in [-0.39, 0.29) is 12.3 Å². The van der Waals surface area contributed by atoms with Crippen LogP contribution in [0.15, 0.2) is 27.4 Å². The smallest absolute Gasteiger partial charge is 0.417 e. The number of aromatic amines is 1. The molecule has 1 aromatic heterocycles. The van der Waals surface area contributed by atoms with E-state index in [1.54, 1.807) is 6.07 Å². The summed E-state index contributed by atoms with van der Waals surface area (Å²) in [5.41, 5.74) is 2.27. The normalized spacial score (nSPS) is 12.7. The molecule has 18 heavy (non-hydrogen) atoms. The predicted octanol–water partition coefficient (Wildman–Crippen LogP) is 2.16. The molecule has 5 nitrogen and oxygen atoms in total. The lowest BCUT2D eigenvalue weighted by Crippen LogP contribution is -2.05. The number of H-pyrrole nitrogens is 1. The van der Waals surface area contributed by atoms with E-state index in [4.69, 9.17) is 9.52 Å². The third-order valence-electron chi connectivity index (χ3n) is 2.93. The van der Waals surface area contributed by atoms with E-state index in [2.05, 4.69) is 4.98 Å². The van der Waals surface area contributed by atoms with Gasteiger partial charge in [-0.2, -0.15) is 0 Å². The van der Waals surface area contributed by atoms with Crippen molar-refractivity contribution in [3.8, 4) is 0 Å². The predicted molar refractivity (Wildman–Crippen MR) is 66.6 cm³/mol. The summed E-state index contributed by atoms with van der Waals surface area (Å²) in [6, 6.07) is 5.54. The molecule has 0 saturated heterocycles. The Bertz CT molecular complexity index is 611. The van der Waals surface area contributed by atoms with Crippen LogP contribution in [0.1, 0.15) is 25.3 Å². The van der Waals surface area contributed by atoms with E-state index in [1.807, 2.05) is 19.1 Å². The molecular formula is C13H15NO4. The van der Waals surface area contributed by atoms with Crippen molar-refractivity contribution < 1.29 is 14.3 Å². The minimum atomic E-state index is -0.769. The first kappa shape index (κ1) is 12.4. The maximum absolute atomic E-state index is 11.0. The zero-order chi connectivity index (χ0) is 13.1. The number of nitrogens with one attached hydrogen (secondary N) is 1. The Morgan fingerprint density at radius 2 is 2.28 bits per heavy atom. The number of hydrogen-bond donors (Lipinski definition) is 2. The SMILES string of the molecule is CC(CCc1ccc2[nH]c(=O)oc2c1)CC(=O)O. The van der Waals surface area contributed by atoms with Crippen molar-refractivity contribution in [2.75, 3.05) is 0 Å². The van der Waals surface area contributed by atoms with Crippen molar-refractivity contribution in [3.63, 3.8) is 0 Å². The molecule has 0 spiro atoms. The minimum Gasteiger partial charge on any atom is -0.481 e. The number of carboxylic acid groups (broad SMARTS) is 1. The summed E-state index contributed by atoms with van der Waals surface area (Å²) in [5, 5.41) is 8.67. The maximum atomic E-state index is 11.0. The van der Waals surface area contributed by atoms with Gasteiger partial charge in [0.25, 0.3) is 0 Å². The number of benzene rings is 1. The topological polar surface area (TPSA) is 83.3 Å². The van der Waals surface area contributed by atoms with Gasteiger partial charge < -0.3 is 9.52 Å². The fourth-order valence-corrected chi connectivity index (χ4v) is 1.96. The van der Waals surface area contributed by atoms with Gasteiger partial charge in [-0.25, -0.2) is 4.79 Å². The number of carbonyl (C=O) groups is 1. The van der Waals surface area contributed by atoms with E-state index in [1.165, 1.54) is 0 Å². The van der Waals surface area contributed by atoms with Crippen LogP contribution in [0, 0.1) is 5.92 Å². The van der Waals surface area contributed by atoms with Crippen LogP contribution in [0.25, 0.3) is 11.1 Å². The number of aliphatic carboxylic acids is 1. The van der Waals surface area contributed by atoms with Crippen molar-refractivity contribution in [2.24, 2.45) is 5.92 Å². The summed E-state index contributed by atoms with van der Waals surface area (Å²) in [4.78, 5) is 24.1. The standard InChI is InChI=1S/C13H15NO4/c1-8(6-12(15)16)2-3-9-4-5-10-11(7-9)18-13(17)14-10/h4-5,7-8H,2-3,6H2,1H3,(H,14,17)(H,15,16). The summed E-state index contributed by atoms with van der Waals surface area (Å²) in [6.45, 7) is 1.92. The van der Waals surface area contributed by atoms with Crippen molar-refractivity contribution in [1.29, 1.82) is 0 Å². The number of hydrogen-bond acceptors (Lipinski definition) is 3. The van der Waals surface area contributed by atoms with Crippen molar-refractivity contribution in [3.05, 3.63) is 34.3 Å². The van der Waals surface area contributed by atoms with Gasteiger partial charge in [0.05, 0.1) is 5.52 Å². The molecule has 1 atom stereocenters. The molecule has 0 aliphatic heterocycles. The van der Waals surface area contributed by atoms with Gasteiger partial charge in [-0.3, -0.25) is 9.78 Å². The summed E-state index contributed by atoms with van der Waals surface area (Å²) in [7, 11) is 0. The van der Waals surface area contributed by atoms with E-state index in [0.717, 1.165) is 18.4 Å². The number of rotatable bonds is 5. The lowest BCUT2D eigenvalue weighted by atomic mass is 9.98. The van der Waals surface area contributed by atoms with Gasteiger partial charge >= 0.3 is 11.7 Å². The number of oxazole rings is 1. The first-order valence-electron chi connectivity index (χ1n) is 5.88. The van der Waals surface area contributed by atoms with Crippen LogP contribution in [0.4, 0.5) is 0 Å². The highest BCUT2D eigenvalue weighted by Gasteiger charge is 2.08. The Morgan fingerprint density at radius 1 is 1.50 bits per heavy atom. The number of carboxylic acids is 1. The van der Waals surface area contributed by atoms with Gasteiger partial charge in [-0.1, -0.05) is 13.0 Å². The zero-order valence-electron chi connectivity index (χ0n) is 10.1. The average Bonchev–Trinajstić information content (AvgIpc) is 2.64. The fraction of sp³-hybridized carbons (Fsp3) is 0.385. The van der Waals surface area contributed by atoms with Crippen molar-refractivity contribution in [1.82, 2.24) is 4.98 Å². The first-order valence-corrected chi connectivity index (χ1v) is 5.88. The molecule has 0 fully saturated rings. The molecule has 2 aromatic rings. The molecule has 2 N–H and O–H groups in total. The second-order valence-electron chi connectivity index (χ2n) is 4.59. The van der Waals surface area contributed by atoms with E-state index >= 15 is 0 Å². The Hall–Kier alpha value is -2.04. The number of fused-ring (bicyclic) bond motifs is 1.